The summed E-state index contributed by atoms with van der Waals surface area (Å²) in [6.45, 7) is 1.70. The highest BCUT2D eigenvalue weighted by Gasteiger charge is 2.30. The number of aliphatic carboxylic acids is 1. The van der Waals surface area contributed by atoms with Crippen LogP contribution in [0.15, 0.2) is 0 Å². The van der Waals surface area contributed by atoms with Gasteiger partial charge in [0, 0.05) is 7.05 Å². The quantitative estimate of drug-likeness (QED) is 0.695. The largest absolute Gasteiger partial charge is 0.480 e. The molecule has 0 bridgehead atoms. The fourth-order valence-electron chi connectivity index (χ4n) is 2.28. The zero-order chi connectivity index (χ0) is 13.7. The molecule has 18 heavy (non-hydrogen) atoms. The van der Waals surface area contributed by atoms with Gasteiger partial charge in [0.05, 0.1) is 12.1 Å². The molecule has 1 aliphatic rings. The van der Waals surface area contributed by atoms with Gasteiger partial charge in [-0.2, -0.15) is 0 Å². The first-order valence-electron chi connectivity index (χ1n) is 6.41. The smallest absolute Gasteiger partial charge is 0.326 e. The minimum atomic E-state index is -1.04. The third-order valence-corrected chi connectivity index (χ3v) is 3.52. The summed E-state index contributed by atoms with van der Waals surface area (Å²) in [5.41, 5.74) is 0. The first-order chi connectivity index (χ1) is 8.47. The van der Waals surface area contributed by atoms with Crippen molar-refractivity contribution in [3.63, 3.8) is 0 Å². The molecule has 3 atom stereocenters. The van der Waals surface area contributed by atoms with Crippen LogP contribution >= 0.6 is 0 Å². The predicted molar refractivity (Wildman–Crippen MR) is 66.3 cm³/mol. The molecule has 0 radical (unpaired) electrons. The summed E-state index contributed by atoms with van der Waals surface area (Å²) >= 11 is 0. The van der Waals surface area contributed by atoms with Crippen molar-refractivity contribution in [2.24, 2.45) is 0 Å². The van der Waals surface area contributed by atoms with E-state index < -0.39 is 24.1 Å². The molecule has 2 amide bonds. The van der Waals surface area contributed by atoms with Gasteiger partial charge >= 0.3 is 12.0 Å². The number of carboxylic acids is 1. The summed E-state index contributed by atoms with van der Waals surface area (Å²) in [5.74, 6) is -1.04. The predicted octanol–water partition coefficient (Wildman–Crippen LogP) is 0.794. The number of nitrogens with zero attached hydrogens (tertiary/aromatic N) is 1. The summed E-state index contributed by atoms with van der Waals surface area (Å²) in [4.78, 5) is 24.2. The Kier molecular flexibility index (Phi) is 5.40. The molecule has 0 heterocycles. The lowest BCUT2D eigenvalue weighted by Gasteiger charge is -2.35. The highest BCUT2D eigenvalue weighted by atomic mass is 16.4. The van der Waals surface area contributed by atoms with Crippen LogP contribution in [-0.4, -0.2) is 52.3 Å². The van der Waals surface area contributed by atoms with Gasteiger partial charge in [-0.1, -0.05) is 19.8 Å². The van der Waals surface area contributed by atoms with Crippen LogP contribution < -0.4 is 5.32 Å². The van der Waals surface area contributed by atoms with Crippen LogP contribution in [0, 0.1) is 0 Å². The van der Waals surface area contributed by atoms with E-state index in [-0.39, 0.29) is 6.04 Å². The molecule has 2 unspecified atom stereocenters. The van der Waals surface area contributed by atoms with Crippen molar-refractivity contribution in [1.82, 2.24) is 10.2 Å². The van der Waals surface area contributed by atoms with E-state index in [9.17, 15) is 14.7 Å². The van der Waals surface area contributed by atoms with Crippen LogP contribution in [0.4, 0.5) is 4.79 Å². The summed E-state index contributed by atoms with van der Waals surface area (Å²) in [6, 6.07) is -1.53. The Morgan fingerprint density at radius 1 is 1.39 bits per heavy atom. The molecule has 0 saturated heterocycles. The lowest BCUT2D eigenvalue weighted by Crippen LogP contribution is -2.53. The van der Waals surface area contributed by atoms with Crippen molar-refractivity contribution in [1.29, 1.82) is 0 Å². The average molecular weight is 258 g/mol. The van der Waals surface area contributed by atoms with Crippen LogP contribution in [0.1, 0.15) is 39.0 Å². The van der Waals surface area contributed by atoms with Crippen LogP contribution in [0.5, 0.6) is 0 Å². The zero-order valence-electron chi connectivity index (χ0n) is 10.9. The normalized spacial score (nSPS) is 25.3. The number of hydrogen-bond acceptors (Lipinski definition) is 3. The molecule has 0 aromatic heterocycles. The van der Waals surface area contributed by atoms with E-state index in [4.69, 9.17) is 5.11 Å². The van der Waals surface area contributed by atoms with Gasteiger partial charge in [0.15, 0.2) is 0 Å². The molecule has 1 fully saturated rings. The number of amides is 2. The van der Waals surface area contributed by atoms with Crippen molar-refractivity contribution in [2.45, 2.75) is 57.2 Å². The number of rotatable bonds is 4. The molecule has 0 aromatic carbocycles. The van der Waals surface area contributed by atoms with Crippen LogP contribution in [0.25, 0.3) is 0 Å². The van der Waals surface area contributed by atoms with Crippen LogP contribution in [0.3, 0.4) is 0 Å². The van der Waals surface area contributed by atoms with Gasteiger partial charge < -0.3 is 20.4 Å². The fourth-order valence-corrected chi connectivity index (χ4v) is 2.28. The standard InChI is InChI=1S/C12H22N2O4/c1-3-8(11(16)17)13-12(18)14(2)9-6-4-5-7-10(9)15/h8-10,15H,3-7H2,1-2H3,(H,13,18)(H,16,17)/t8-,9?,10?/m0/s1. The highest BCUT2D eigenvalue weighted by molar-refractivity contribution is 5.82. The van der Waals surface area contributed by atoms with E-state index in [2.05, 4.69) is 5.32 Å². The Morgan fingerprint density at radius 3 is 2.50 bits per heavy atom. The molecule has 1 rings (SSSR count). The maximum atomic E-state index is 11.9. The van der Waals surface area contributed by atoms with Crippen molar-refractivity contribution in [3.05, 3.63) is 0 Å². The molecule has 1 saturated carbocycles. The summed E-state index contributed by atoms with van der Waals surface area (Å²) < 4.78 is 0. The number of urea groups is 1. The molecule has 0 spiro atoms. The Morgan fingerprint density at radius 2 is 2.00 bits per heavy atom. The number of aliphatic hydroxyl groups excluding tert-OH is 1. The van der Waals surface area contributed by atoms with Gasteiger partial charge in [-0.15, -0.1) is 0 Å². The van der Waals surface area contributed by atoms with Gasteiger partial charge in [0.1, 0.15) is 6.04 Å². The first kappa shape index (κ1) is 14.8. The fraction of sp³-hybridized carbons (Fsp3) is 0.833. The van der Waals surface area contributed by atoms with Crippen molar-refractivity contribution in [2.75, 3.05) is 7.05 Å². The molecule has 6 heteroatoms. The lowest BCUT2D eigenvalue weighted by atomic mass is 9.92. The lowest BCUT2D eigenvalue weighted by molar-refractivity contribution is -0.139. The molecule has 6 nitrogen and oxygen atoms in total. The number of carboxylic acid groups (broad SMARTS) is 1. The minimum absolute atomic E-state index is 0.218. The van der Waals surface area contributed by atoms with Gasteiger partial charge in [-0.3, -0.25) is 0 Å². The molecular weight excluding hydrogens is 236 g/mol. The summed E-state index contributed by atoms with van der Waals surface area (Å²) in [6.07, 6.45) is 3.23. The second-order valence-corrected chi connectivity index (χ2v) is 4.78. The van der Waals surface area contributed by atoms with E-state index in [1.807, 2.05) is 0 Å². The maximum Gasteiger partial charge on any atom is 0.326 e. The Hall–Kier alpha value is -1.30. The van der Waals surface area contributed by atoms with Crippen molar-refractivity contribution >= 4 is 12.0 Å². The number of likely N-dealkylation sites (N-methyl/N-ethyl adjacent to an activating group) is 1. The van der Waals surface area contributed by atoms with E-state index in [0.717, 1.165) is 19.3 Å². The average Bonchev–Trinajstić information content (AvgIpc) is 2.35. The second-order valence-electron chi connectivity index (χ2n) is 4.78. The number of nitrogens with one attached hydrogen (secondary N) is 1. The third kappa shape index (κ3) is 3.60. The second kappa shape index (κ2) is 6.58. The number of hydrogen-bond donors (Lipinski definition) is 3. The monoisotopic (exact) mass is 258 g/mol. The van der Waals surface area contributed by atoms with Crippen LogP contribution in [-0.2, 0) is 4.79 Å². The van der Waals surface area contributed by atoms with Gasteiger partial charge in [0.25, 0.3) is 0 Å². The molecular formula is C12H22N2O4. The molecule has 1 aliphatic carbocycles. The molecule has 0 aromatic rings. The third-order valence-electron chi connectivity index (χ3n) is 3.52. The molecule has 0 aliphatic heterocycles. The van der Waals surface area contributed by atoms with Gasteiger partial charge in [-0.05, 0) is 19.3 Å². The van der Waals surface area contributed by atoms with E-state index in [1.54, 1.807) is 14.0 Å². The topological polar surface area (TPSA) is 89.9 Å². The van der Waals surface area contributed by atoms with E-state index >= 15 is 0 Å². The Labute approximate surface area is 107 Å². The maximum absolute atomic E-state index is 11.9. The minimum Gasteiger partial charge on any atom is -0.480 e. The number of carbonyl (C=O) groups is 2. The Balaban J connectivity index is 2.57. The van der Waals surface area contributed by atoms with E-state index in [0.29, 0.717) is 12.8 Å². The van der Waals surface area contributed by atoms with E-state index in [1.165, 1.54) is 4.90 Å². The summed E-state index contributed by atoms with van der Waals surface area (Å²) in [7, 11) is 1.60. The number of carbonyl (C=O) groups excluding carboxylic acids is 1. The van der Waals surface area contributed by atoms with Gasteiger partial charge in [-0.25, -0.2) is 9.59 Å². The zero-order valence-corrected chi connectivity index (χ0v) is 10.9. The van der Waals surface area contributed by atoms with Crippen molar-refractivity contribution < 1.29 is 19.8 Å². The number of aliphatic hydroxyl groups is 1. The van der Waals surface area contributed by atoms with Crippen LogP contribution in [0.2, 0.25) is 0 Å². The van der Waals surface area contributed by atoms with Crippen molar-refractivity contribution in [3.8, 4) is 0 Å². The first-order valence-corrected chi connectivity index (χ1v) is 6.41. The van der Waals surface area contributed by atoms with Gasteiger partial charge in [0.2, 0.25) is 0 Å². The Bertz CT molecular complexity index is 308. The highest BCUT2D eigenvalue weighted by Crippen LogP contribution is 2.22. The molecule has 104 valence electrons. The SMILES string of the molecule is CC[C@H](NC(=O)N(C)C1CCCCC1O)C(=O)O. The molecule has 3 N–H and O–H groups in total. The summed E-state index contributed by atoms with van der Waals surface area (Å²) in [5, 5.41) is 21.2.